The number of hydrogen-bond acceptors (Lipinski definition) is 7. The third kappa shape index (κ3) is 6.25. The molecule has 0 aromatic heterocycles. The molecular weight excluding hydrogens is 567 g/mol. The average Bonchev–Trinajstić information content (AvgIpc) is 2.91. The minimum absolute atomic E-state index is 0.0368. The summed E-state index contributed by atoms with van der Waals surface area (Å²) in [5.74, 6) is -1.26. The van der Waals surface area contributed by atoms with Gasteiger partial charge in [0.25, 0.3) is 0 Å². The number of rotatable bonds is 9. The fourth-order valence-corrected chi connectivity index (χ4v) is 7.43. The van der Waals surface area contributed by atoms with Crippen LogP contribution >= 0.6 is 23.2 Å². The first-order valence-corrected chi connectivity index (χ1v) is 14.6. The highest BCUT2D eigenvalue weighted by Crippen LogP contribution is 2.41. The van der Waals surface area contributed by atoms with Gasteiger partial charge in [-0.15, -0.1) is 0 Å². The first-order valence-electron chi connectivity index (χ1n) is 13.9. The van der Waals surface area contributed by atoms with Crippen molar-refractivity contribution < 1.29 is 36.6 Å². The molecule has 2 aliphatic heterocycles. The Balaban J connectivity index is 1.78. The van der Waals surface area contributed by atoms with E-state index in [4.69, 9.17) is 40.2 Å². The van der Waals surface area contributed by atoms with Crippen LogP contribution in [0.1, 0.15) is 37.2 Å². The molecule has 9 nitrogen and oxygen atoms in total. The molecule has 4 rings (SSSR count). The van der Waals surface area contributed by atoms with Crippen LogP contribution in [0.4, 0.5) is 0 Å². The number of halogens is 2. The van der Waals surface area contributed by atoms with Crippen molar-refractivity contribution in [3.63, 3.8) is 0 Å². The van der Waals surface area contributed by atoms with Crippen molar-refractivity contribution in [2.45, 2.75) is 55.7 Å². The second-order valence-electron chi connectivity index (χ2n) is 9.89. The molecule has 0 unspecified atom stereocenters. The molecule has 2 aliphatic rings. The van der Waals surface area contributed by atoms with Crippen molar-refractivity contribution in [1.82, 2.24) is 9.21 Å². The van der Waals surface area contributed by atoms with Crippen LogP contribution in [0.15, 0.2) is 41.3 Å². The maximum absolute atomic E-state index is 14.2. The summed E-state index contributed by atoms with van der Waals surface area (Å²) in [6.07, 6.45) is 0.198. The van der Waals surface area contributed by atoms with E-state index >= 15 is 0 Å². The van der Waals surface area contributed by atoms with E-state index in [9.17, 15) is 19.7 Å². The molecule has 2 saturated heterocycles. The van der Waals surface area contributed by atoms with E-state index in [1.165, 1.54) is 46.3 Å². The molecule has 1 amide bonds. The summed E-state index contributed by atoms with van der Waals surface area (Å²) >= 11 is 12.2. The number of sulfonamides is 1. The summed E-state index contributed by atoms with van der Waals surface area (Å²) in [5.41, 5.74) is -1.81. The van der Waals surface area contributed by atoms with Crippen LogP contribution in [0.3, 0.4) is 0 Å². The summed E-state index contributed by atoms with van der Waals surface area (Å²) in [5, 5.41) is 11.4. The van der Waals surface area contributed by atoms with Gasteiger partial charge in [-0.05, 0) is 63.4 Å². The molecule has 2 fully saturated rings. The summed E-state index contributed by atoms with van der Waals surface area (Å²) in [6.45, 7) is -0.378. The number of hydrogen-bond donors (Lipinski definition) is 1. The van der Waals surface area contributed by atoms with Gasteiger partial charge < -0.3 is 24.2 Å². The molecule has 12 heteroatoms. The number of piperidine rings is 1. The van der Waals surface area contributed by atoms with Gasteiger partial charge in [-0.2, -0.15) is 4.31 Å². The van der Waals surface area contributed by atoms with E-state index < -0.39 is 46.0 Å². The largest absolute Gasteiger partial charge is 0.493 e. The Bertz CT molecular complexity index is 1440. The first-order chi connectivity index (χ1) is 19.5. The van der Waals surface area contributed by atoms with Gasteiger partial charge in [0.1, 0.15) is 18.4 Å². The number of amides is 1. The Labute approximate surface area is 243 Å². The fraction of sp³-hybridized carbons (Fsp3) is 0.519. The lowest BCUT2D eigenvalue weighted by molar-refractivity contribution is -0.135. The molecule has 2 aromatic rings. The molecule has 39 heavy (non-hydrogen) atoms. The van der Waals surface area contributed by atoms with Crippen LogP contribution in [0.5, 0.6) is 17.2 Å². The van der Waals surface area contributed by atoms with E-state index in [1.807, 2.05) is 0 Å². The molecule has 2 aromatic carbocycles. The number of methoxy groups -OCH3 is 2. The van der Waals surface area contributed by atoms with Gasteiger partial charge in [-0.1, -0.05) is 23.2 Å². The summed E-state index contributed by atoms with van der Waals surface area (Å²) in [6, 6.07) is 4.85. The monoisotopic (exact) mass is 603 g/mol. The molecule has 3 atom stereocenters. The lowest BCUT2D eigenvalue weighted by Crippen LogP contribution is -2.57. The highest BCUT2D eigenvalue weighted by atomic mass is 35.5. The number of aliphatic hydroxyl groups is 1. The van der Waals surface area contributed by atoms with E-state index in [0.29, 0.717) is 17.2 Å². The van der Waals surface area contributed by atoms with Gasteiger partial charge in [-0.25, -0.2) is 8.42 Å². The van der Waals surface area contributed by atoms with Crippen molar-refractivity contribution >= 4 is 39.1 Å². The molecule has 2 bridgehead atoms. The number of carbonyl (C=O) groups is 1. The van der Waals surface area contributed by atoms with E-state index in [2.05, 4.69) is 0 Å². The standard InChI is InChI=1S/C27H34Cl2N2O7S/c1-27(2,33)21-16-30(10-11-38-19-8-9-24(36-3)25(15-19)37-4)26(32)23-7-5-6-22(21)31(23)39(34,35)20-13-17(28)12-18(29)14-20/h8-9,12-15,21-23,33H,5-7,10-11,16H2,1-4H3/t21-,22+,23-/m0/s1/i16D2,23D. The Kier molecular flexibility index (Phi) is 7.72. The Morgan fingerprint density at radius 1 is 1.10 bits per heavy atom. The lowest BCUT2D eigenvalue weighted by atomic mass is 9.80. The molecular formula is C27H34Cl2N2O7S. The fourth-order valence-electron chi connectivity index (χ4n) is 4.95. The Morgan fingerprint density at radius 2 is 1.77 bits per heavy atom. The predicted molar refractivity (Wildman–Crippen MR) is 148 cm³/mol. The minimum atomic E-state index is -4.63. The van der Waals surface area contributed by atoms with Gasteiger partial charge in [0, 0.05) is 37.3 Å². The molecule has 0 spiro atoms. The SMILES string of the molecule is [2H]C1([2H])[C@H](C(C)(C)O)[C@H]2CCC[C@@]([2H])(C(=O)N1CCOc1ccc(OC)c(OC)c1)N2S(=O)(=O)c1cc(Cl)cc(Cl)c1. The summed E-state index contributed by atoms with van der Waals surface area (Å²) in [4.78, 5) is 14.7. The summed E-state index contributed by atoms with van der Waals surface area (Å²) in [7, 11) is -1.68. The topological polar surface area (TPSA) is 106 Å². The number of ether oxygens (including phenoxy) is 3. The van der Waals surface area contributed by atoms with Crippen LogP contribution in [-0.4, -0.2) is 80.2 Å². The zero-order valence-electron chi connectivity index (χ0n) is 25.1. The highest BCUT2D eigenvalue weighted by molar-refractivity contribution is 7.89. The van der Waals surface area contributed by atoms with Crippen LogP contribution in [0, 0.1) is 5.92 Å². The van der Waals surface area contributed by atoms with Crippen LogP contribution in [0.25, 0.3) is 0 Å². The highest BCUT2D eigenvalue weighted by Gasteiger charge is 2.53. The molecule has 0 aliphatic carbocycles. The number of nitrogens with zero attached hydrogens (tertiary/aromatic N) is 2. The molecule has 214 valence electrons. The van der Waals surface area contributed by atoms with Crippen molar-refractivity contribution in [3.05, 3.63) is 46.4 Å². The third-order valence-electron chi connectivity index (χ3n) is 6.75. The normalized spacial score (nSPS) is 26.7. The van der Waals surface area contributed by atoms with Gasteiger partial charge in [-0.3, -0.25) is 4.79 Å². The van der Waals surface area contributed by atoms with Crippen LogP contribution < -0.4 is 14.2 Å². The van der Waals surface area contributed by atoms with Crippen LogP contribution in [0.2, 0.25) is 10.0 Å². The molecule has 2 heterocycles. The van der Waals surface area contributed by atoms with Crippen LogP contribution in [-0.2, 0) is 14.8 Å². The van der Waals surface area contributed by atoms with Gasteiger partial charge in [0.05, 0.1) is 32.6 Å². The first kappa shape index (κ1) is 25.7. The van der Waals surface area contributed by atoms with Crippen molar-refractivity contribution in [3.8, 4) is 17.2 Å². The predicted octanol–water partition coefficient (Wildman–Crippen LogP) is 4.23. The maximum Gasteiger partial charge on any atom is 0.244 e. The summed E-state index contributed by atoms with van der Waals surface area (Å²) < 4.78 is 73.1. The molecule has 0 saturated carbocycles. The molecule has 0 radical (unpaired) electrons. The van der Waals surface area contributed by atoms with E-state index in [0.717, 1.165) is 9.21 Å². The van der Waals surface area contributed by atoms with Gasteiger partial charge in [0.2, 0.25) is 15.9 Å². The van der Waals surface area contributed by atoms with Crippen molar-refractivity contribution in [2.24, 2.45) is 5.92 Å². The second-order valence-corrected chi connectivity index (χ2v) is 12.6. The smallest absolute Gasteiger partial charge is 0.244 e. The lowest BCUT2D eigenvalue weighted by Gasteiger charge is -2.43. The minimum Gasteiger partial charge on any atom is -0.493 e. The van der Waals surface area contributed by atoms with Crippen molar-refractivity contribution in [2.75, 3.05) is 33.9 Å². The van der Waals surface area contributed by atoms with Crippen molar-refractivity contribution in [1.29, 1.82) is 0 Å². The average molecular weight is 605 g/mol. The third-order valence-corrected chi connectivity index (χ3v) is 9.02. The number of fused-ring (bicyclic) bond motifs is 2. The Morgan fingerprint density at radius 3 is 2.38 bits per heavy atom. The van der Waals surface area contributed by atoms with Gasteiger partial charge in [0.15, 0.2) is 11.5 Å². The maximum atomic E-state index is 14.2. The van der Waals surface area contributed by atoms with E-state index in [-0.39, 0.29) is 47.4 Å². The zero-order chi connectivity index (χ0) is 31.3. The Hall–Kier alpha value is -2.24. The quantitative estimate of drug-likeness (QED) is 0.457. The van der Waals surface area contributed by atoms with E-state index in [1.54, 1.807) is 18.2 Å². The molecule has 1 N–H and O–H groups in total. The number of benzene rings is 2. The second kappa shape index (κ2) is 11.7. The zero-order valence-corrected chi connectivity index (χ0v) is 24.4. The number of carbonyl (C=O) groups excluding carboxylic acids is 1. The van der Waals surface area contributed by atoms with Gasteiger partial charge >= 0.3 is 0 Å².